The number of nitrogens with two attached hydrogens (primary N) is 1. The molecule has 0 bridgehead atoms. The number of likely N-dealkylation sites (N-methyl/N-ethyl adjacent to an activating group) is 1. The second-order valence-electron chi connectivity index (χ2n) is 7.73. The fourth-order valence-corrected chi connectivity index (χ4v) is 4.14. The lowest BCUT2D eigenvalue weighted by Crippen LogP contribution is -2.27. The summed E-state index contributed by atoms with van der Waals surface area (Å²) < 4.78 is 7.26. The maximum Gasteiger partial charge on any atom is 0.196 e. The van der Waals surface area contributed by atoms with Gasteiger partial charge in [0.05, 0.1) is 30.8 Å². The molecule has 2 aliphatic rings. The van der Waals surface area contributed by atoms with Gasteiger partial charge in [-0.25, -0.2) is 14.6 Å². The molecule has 0 radical (unpaired) electrons. The molecule has 0 spiro atoms. The van der Waals surface area contributed by atoms with Crippen LogP contribution in [0.4, 0.5) is 5.82 Å². The molecule has 0 fully saturated rings. The van der Waals surface area contributed by atoms with E-state index in [1.54, 1.807) is 10.9 Å². The topological polar surface area (TPSA) is 82.1 Å². The highest BCUT2D eigenvalue weighted by Crippen LogP contribution is 2.29. The number of nitrogen functional groups attached to an aromatic ring is 1. The lowest BCUT2D eigenvalue weighted by molar-refractivity contribution is 0.110. The molecule has 2 aliphatic heterocycles. The number of anilines is 1. The van der Waals surface area contributed by atoms with Crippen LogP contribution in [0.15, 0.2) is 24.5 Å². The first-order chi connectivity index (χ1) is 13.6. The van der Waals surface area contributed by atoms with Gasteiger partial charge in [-0.2, -0.15) is 5.10 Å². The highest BCUT2D eigenvalue weighted by atomic mass is 16.5. The standard InChI is InChI=1S/C21H24N6O/c1-13-7-14(8-15-10-26(2)5-3-17(13)15)19-9-23-20(22)21(24-19)27-11-16-12-28-6-4-18(16)25-27/h7-9,11H,3-6,10,12H2,1-2H3,(H2,22,23). The van der Waals surface area contributed by atoms with Crippen molar-refractivity contribution in [1.82, 2.24) is 24.6 Å². The van der Waals surface area contributed by atoms with Crippen molar-refractivity contribution in [3.05, 3.63) is 52.5 Å². The number of hydrogen-bond donors (Lipinski definition) is 1. The summed E-state index contributed by atoms with van der Waals surface area (Å²) in [5, 5.41) is 4.66. The van der Waals surface area contributed by atoms with Crippen LogP contribution in [0.5, 0.6) is 0 Å². The molecule has 0 unspecified atom stereocenters. The summed E-state index contributed by atoms with van der Waals surface area (Å²) in [5.74, 6) is 0.943. The summed E-state index contributed by atoms with van der Waals surface area (Å²) in [7, 11) is 2.16. The Morgan fingerprint density at radius 1 is 1.18 bits per heavy atom. The second-order valence-corrected chi connectivity index (χ2v) is 7.73. The minimum atomic E-state index is 0.374. The van der Waals surface area contributed by atoms with Gasteiger partial charge in [-0.1, -0.05) is 0 Å². The molecule has 0 saturated carbocycles. The molecule has 7 heteroatoms. The molecule has 28 heavy (non-hydrogen) atoms. The molecule has 3 aromatic rings. The van der Waals surface area contributed by atoms with Gasteiger partial charge >= 0.3 is 0 Å². The van der Waals surface area contributed by atoms with Crippen LogP contribution in [0.25, 0.3) is 17.1 Å². The Kier molecular flexibility index (Phi) is 4.14. The van der Waals surface area contributed by atoms with Crippen LogP contribution in [-0.4, -0.2) is 44.8 Å². The maximum atomic E-state index is 6.14. The van der Waals surface area contributed by atoms with E-state index in [-0.39, 0.29) is 0 Å². The number of rotatable bonds is 2. The summed E-state index contributed by atoms with van der Waals surface area (Å²) in [4.78, 5) is 11.6. The molecule has 2 N–H and O–H groups in total. The van der Waals surface area contributed by atoms with Crippen LogP contribution in [0.1, 0.15) is 27.9 Å². The second kappa shape index (κ2) is 6.68. The Labute approximate surface area is 164 Å². The number of hydrogen-bond acceptors (Lipinski definition) is 6. The lowest BCUT2D eigenvalue weighted by atomic mass is 9.92. The Morgan fingerprint density at radius 3 is 2.93 bits per heavy atom. The zero-order valence-corrected chi connectivity index (χ0v) is 16.3. The van der Waals surface area contributed by atoms with Crippen LogP contribution >= 0.6 is 0 Å². The fourth-order valence-electron chi connectivity index (χ4n) is 4.14. The third-order valence-electron chi connectivity index (χ3n) is 5.66. The molecule has 5 rings (SSSR count). The van der Waals surface area contributed by atoms with Gasteiger partial charge in [0.2, 0.25) is 0 Å². The predicted octanol–water partition coefficient (Wildman–Crippen LogP) is 2.28. The van der Waals surface area contributed by atoms with Crippen molar-refractivity contribution in [2.24, 2.45) is 0 Å². The highest BCUT2D eigenvalue weighted by Gasteiger charge is 2.19. The summed E-state index contributed by atoms with van der Waals surface area (Å²) in [6.07, 6.45) is 5.61. The van der Waals surface area contributed by atoms with Gasteiger partial charge < -0.3 is 15.4 Å². The quantitative estimate of drug-likeness (QED) is 0.739. The molecule has 0 amide bonds. The van der Waals surface area contributed by atoms with E-state index in [4.69, 9.17) is 15.5 Å². The number of aryl methyl sites for hydroxylation is 1. The minimum Gasteiger partial charge on any atom is -0.381 e. The van der Waals surface area contributed by atoms with E-state index in [2.05, 4.69) is 41.1 Å². The Hall–Kier alpha value is -2.77. The Bertz CT molecular complexity index is 1030. The number of nitrogens with zero attached hydrogens (tertiary/aromatic N) is 5. The van der Waals surface area contributed by atoms with E-state index >= 15 is 0 Å². The van der Waals surface area contributed by atoms with Crippen LogP contribution in [0.3, 0.4) is 0 Å². The van der Waals surface area contributed by atoms with Gasteiger partial charge in [-0.15, -0.1) is 0 Å². The largest absolute Gasteiger partial charge is 0.381 e. The summed E-state index contributed by atoms with van der Waals surface area (Å²) in [6, 6.07) is 4.44. The van der Waals surface area contributed by atoms with Crippen molar-refractivity contribution < 1.29 is 4.74 Å². The SMILES string of the molecule is Cc1cc(-c2cnc(N)c(-n3cc4c(n3)CCOC4)n2)cc2c1CCN(C)C2. The first-order valence-electron chi connectivity index (χ1n) is 9.68. The molecule has 2 aromatic heterocycles. The third-order valence-corrected chi connectivity index (χ3v) is 5.66. The van der Waals surface area contributed by atoms with E-state index in [1.807, 2.05) is 6.20 Å². The predicted molar refractivity (Wildman–Crippen MR) is 107 cm³/mol. The van der Waals surface area contributed by atoms with Crippen molar-refractivity contribution in [2.75, 3.05) is 25.9 Å². The molecular formula is C21H24N6O. The van der Waals surface area contributed by atoms with E-state index in [9.17, 15) is 0 Å². The van der Waals surface area contributed by atoms with Gasteiger partial charge in [-0.3, -0.25) is 0 Å². The summed E-state index contributed by atoms with van der Waals surface area (Å²) in [6.45, 7) is 5.53. The van der Waals surface area contributed by atoms with Gasteiger partial charge in [0.1, 0.15) is 0 Å². The summed E-state index contributed by atoms with van der Waals surface area (Å²) >= 11 is 0. The maximum absolute atomic E-state index is 6.14. The van der Waals surface area contributed by atoms with E-state index in [1.165, 1.54) is 16.7 Å². The van der Waals surface area contributed by atoms with E-state index in [0.29, 0.717) is 24.8 Å². The van der Waals surface area contributed by atoms with Gasteiger partial charge in [0.15, 0.2) is 11.6 Å². The number of aromatic nitrogens is 4. The fraction of sp³-hybridized carbons (Fsp3) is 0.381. The first-order valence-corrected chi connectivity index (χ1v) is 9.68. The van der Waals surface area contributed by atoms with Gasteiger partial charge in [-0.05, 0) is 49.2 Å². The Morgan fingerprint density at radius 2 is 2.07 bits per heavy atom. The van der Waals surface area contributed by atoms with E-state index in [0.717, 1.165) is 48.4 Å². The lowest BCUT2D eigenvalue weighted by Gasteiger charge is -2.27. The van der Waals surface area contributed by atoms with Crippen molar-refractivity contribution in [3.8, 4) is 17.1 Å². The van der Waals surface area contributed by atoms with Crippen LogP contribution in [0, 0.1) is 6.92 Å². The number of ether oxygens (including phenoxy) is 1. The molecular weight excluding hydrogens is 352 g/mol. The zero-order chi connectivity index (χ0) is 19.3. The molecule has 1 aromatic carbocycles. The highest BCUT2D eigenvalue weighted by molar-refractivity contribution is 5.65. The van der Waals surface area contributed by atoms with Crippen molar-refractivity contribution in [2.45, 2.75) is 32.9 Å². The monoisotopic (exact) mass is 376 g/mol. The molecule has 0 aliphatic carbocycles. The minimum absolute atomic E-state index is 0.374. The zero-order valence-electron chi connectivity index (χ0n) is 16.3. The first kappa shape index (κ1) is 17.3. The molecule has 7 nitrogen and oxygen atoms in total. The van der Waals surface area contributed by atoms with Crippen LogP contribution in [0.2, 0.25) is 0 Å². The average Bonchev–Trinajstić information content (AvgIpc) is 3.12. The normalized spacial score (nSPS) is 16.6. The van der Waals surface area contributed by atoms with Crippen molar-refractivity contribution in [1.29, 1.82) is 0 Å². The molecule has 144 valence electrons. The van der Waals surface area contributed by atoms with Gasteiger partial charge in [0.25, 0.3) is 0 Å². The van der Waals surface area contributed by atoms with Gasteiger partial charge in [0, 0.05) is 36.8 Å². The smallest absolute Gasteiger partial charge is 0.196 e. The summed E-state index contributed by atoms with van der Waals surface area (Å²) in [5.41, 5.74) is 14.3. The van der Waals surface area contributed by atoms with Crippen molar-refractivity contribution in [3.63, 3.8) is 0 Å². The molecule has 4 heterocycles. The Balaban J connectivity index is 1.57. The third kappa shape index (κ3) is 2.96. The average molecular weight is 376 g/mol. The number of fused-ring (bicyclic) bond motifs is 2. The van der Waals surface area contributed by atoms with Crippen LogP contribution < -0.4 is 5.73 Å². The molecule has 0 saturated heterocycles. The van der Waals surface area contributed by atoms with Crippen LogP contribution in [-0.2, 0) is 30.7 Å². The number of benzene rings is 1. The molecule has 0 atom stereocenters. The van der Waals surface area contributed by atoms with Crippen molar-refractivity contribution >= 4 is 5.82 Å². The van der Waals surface area contributed by atoms with E-state index < -0.39 is 0 Å².